The average molecular weight is 601 g/mol. The number of amides is 1. The summed E-state index contributed by atoms with van der Waals surface area (Å²) < 4.78 is 0. The van der Waals surface area contributed by atoms with Crippen LogP contribution in [0.3, 0.4) is 0 Å². The Kier molecular flexibility index (Phi) is 8.97. The van der Waals surface area contributed by atoms with Crippen LogP contribution in [0.1, 0.15) is 49.5 Å². The zero-order valence-electron chi connectivity index (χ0n) is 26.3. The van der Waals surface area contributed by atoms with Crippen LogP contribution in [0.2, 0.25) is 0 Å². The Morgan fingerprint density at radius 2 is 1.75 bits per heavy atom. The number of hydrogen-bond acceptors (Lipinski definition) is 12. The third kappa shape index (κ3) is 7.05. The minimum absolute atomic E-state index is 0.0776. The van der Waals surface area contributed by atoms with Gasteiger partial charge in [-0.15, -0.1) is 0 Å². The van der Waals surface area contributed by atoms with Crippen molar-refractivity contribution >= 4 is 46.0 Å². The first kappa shape index (κ1) is 31.1. The lowest BCUT2D eigenvalue weighted by Crippen LogP contribution is -2.53. The fraction of sp³-hybridized carbons (Fsp3) is 0.484. The van der Waals surface area contributed by atoms with Crippen molar-refractivity contribution in [3.8, 4) is 0 Å². The third-order valence-corrected chi connectivity index (χ3v) is 8.47. The summed E-state index contributed by atoms with van der Waals surface area (Å²) in [4.78, 5) is 38.5. The lowest BCUT2D eigenvalue weighted by Gasteiger charge is -2.42. The van der Waals surface area contributed by atoms with Crippen LogP contribution in [0.4, 0.5) is 23.3 Å². The molecule has 2 aliphatic rings. The summed E-state index contributed by atoms with van der Waals surface area (Å²) in [5, 5.41) is 14.1. The second kappa shape index (κ2) is 12.7. The molecule has 3 aromatic rings. The highest BCUT2D eigenvalue weighted by Crippen LogP contribution is 2.29. The molecular weight excluding hydrogens is 556 g/mol. The molecule has 1 aromatic carbocycles. The van der Waals surface area contributed by atoms with Crippen molar-refractivity contribution in [3.05, 3.63) is 47.4 Å². The molecule has 7 N–H and O–H groups in total. The number of nitrogens with zero attached hydrogens (tertiary/aromatic N) is 7. The van der Waals surface area contributed by atoms with Crippen LogP contribution in [-0.2, 0) is 0 Å². The molecule has 2 aliphatic heterocycles. The molecule has 2 fully saturated rings. The van der Waals surface area contributed by atoms with E-state index in [0.717, 1.165) is 44.8 Å². The number of fused-ring (bicyclic) bond motifs is 1. The quantitative estimate of drug-likeness (QED) is 0.208. The van der Waals surface area contributed by atoms with Gasteiger partial charge in [-0.25, -0.2) is 15.0 Å². The van der Waals surface area contributed by atoms with Gasteiger partial charge in [-0.2, -0.15) is 4.98 Å². The molecule has 1 amide bonds. The molecule has 4 heterocycles. The fourth-order valence-corrected chi connectivity index (χ4v) is 5.47. The maximum atomic E-state index is 13.0. The van der Waals surface area contributed by atoms with Gasteiger partial charge >= 0.3 is 0 Å². The number of carbonyl (C=O) groups is 1. The summed E-state index contributed by atoms with van der Waals surface area (Å²) in [6, 6.07) is 5.89. The number of aromatic nitrogens is 4. The number of anilines is 4. The molecular formula is C31H44N12O. The predicted molar refractivity (Wildman–Crippen MR) is 175 cm³/mol. The monoisotopic (exact) mass is 600 g/mol. The molecule has 0 unspecified atom stereocenters. The molecule has 0 atom stereocenters. The van der Waals surface area contributed by atoms with Crippen molar-refractivity contribution in [3.63, 3.8) is 0 Å². The second-order valence-electron chi connectivity index (χ2n) is 12.8. The van der Waals surface area contributed by atoms with E-state index < -0.39 is 5.91 Å². The Bertz CT molecular complexity index is 1560. The van der Waals surface area contributed by atoms with E-state index in [2.05, 4.69) is 47.3 Å². The Hall–Kier alpha value is -4.36. The molecule has 2 saturated heterocycles. The first-order valence-corrected chi connectivity index (χ1v) is 15.1. The van der Waals surface area contributed by atoms with Gasteiger partial charge in [0.1, 0.15) is 23.2 Å². The van der Waals surface area contributed by atoms with E-state index in [-0.39, 0.29) is 11.3 Å². The van der Waals surface area contributed by atoms with Gasteiger partial charge in [0.05, 0.1) is 0 Å². The Balaban J connectivity index is 1.33. The van der Waals surface area contributed by atoms with Crippen molar-refractivity contribution in [2.45, 2.75) is 46.6 Å². The van der Waals surface area contributed by atoms with E-state index in [1.807, 2.05) is 33.8 Å². The Morgan fingerprint density at radius 1 is 1.05 bits per heavy atom. The molecule has 0 radical (unpaired) electrons. The highest BCUT2D eigenvalue weighted by atomic mass is 16.1. The summed E-state index contributed by atoms with van der Waals surface area (Å²) >= 11 is 0. The number of nitrogens with one attached hydrogen (secondary N) is 3. The summed E-state index contributed by atoms with van der Waals surface area (Å²) in [6.45, 7) is 13.6. The van der Waals surface area contributed by atoms with Crippen LogP contribution >= 0.6 is 0 Å². The molecule has 0 aliphatic carbocycles. The number of piperazine rings is 1. The largest absolute Gasteiger partial charge is 0.401 e. The molecule has 0 bridgehead atoms. The number of allylic oxidation sites excluding steroid dienone is 1. The molecule has 44 heavy (non-hydrogen) atoms. The standard InChI is InChI=1S/C31H44N12O/c1-19-6-7-20(29(44)38-24(33)17-23(32)31(2,3)4)16-22(19)37-28-26-25(35-18-36-28)27(34)40-30(39-26)43-14-12-42(13-15-43)21-8-10-41(5)11-9-21/h6-7,16-18,21H,8-15,32H2,1-5H3,(H2,33,38,44)(H2,34,39,40)(H,35,36,37). The number of amidine groups is 1. The van der Waals surface area contributed by atoms with Crippen molar-refractivity contribution in [1.82, 2.24) is 35.1 Å². The second-order valence-corrected chi connectivity index (χ2v) is 12.8. The lowest BCUT2D eigenvalue weighted by atomic mass is 9.92. The van der Waals surface area contributed by atoms with E-state index in [9.17, 15) is 4.79 Å². The van der Waals surface area contributed by atoms with E-state index >= 15 is 0 Å². The van der Waals surface area contributed by atoms with Gasteiger partial charge in [0.15, 0.2) is 11.6 Å². The van der Waals surface area contributed by atoms with E-state index in [4.69, 9.17) is 21.9 Å². The first-order valence-electron chi connectivity index (χ1n) is 15.1. The predicted octanol–water partition coefficient (Wildman–Crippen LogP) is 2.87. The summed E-state index contributed by atoms with van der Waals surface area (Å²) in [5.41, 5.74) is 15.6. The van der Waals surface area contributed by atoms with E-state index in [1.54, 1.807) is 12.1 Å². The van der Waals surface area contributed by atoms with Crippen LogP contribution in [0.5, 0.6) is 0 Å². The van der Waals surface area contributed by atoms with Crippen molar-refractivity contribution in [2.75, 3.05) is 62.3 Å². The van der Waals surface area contributed by atoms with Crippen LogP contribution in [0.15, 0.2) is 36.3 Å². The van der Waals surface area contributed by atoms with Crippen molar-refractivity contribution in [2.24, 2.45) is 11.1 Å². The van der Waals surface area contributed by atoms with Gasteiger partial charge in [-0.3, -0.25) is 15.1 Å². The van der Waals surface area contributed by atoms with Crippen LogP contribution in [-0.4, -0.2) is 93.8 Å². The Labute approximate surface area is 258 Å². The SMILES string of the molecule is Cc1ccc(C(=O)NC(=N)C=C(N)C(C)(C)C)cc1Nc1ncnc2c(N)nc(N3CCN(C4CCN(C)CC4)CC3)nc12. The average Bonchev–Trinajstić information content (AvgIpc) is 2.98. The van der Waals surface area contributed by atoms with Gasteiger partial charge in [-0.1, -0.05) is 26.8 Å². The number of nitrogens with two attached hydrogens (primary N) is 2. The number of nitrogen functional groups attached to an aromatic ring is 1. The maximum absolute atomic E-state index is 13.0. The normalized spacial score (nSPS) is 17.6. The number of rotatable bonds is 6. The van der Waals surface area contributed by atoms with Crippen LogP contribution in [0, 0.1) is 17.7 Å². The minimum Gasteiger partial charge on any atom is -0.401 e. The number of benzene rings is 1. The minimum atomic E-state index is -0.420. The summed E-state index contributed by atoms with van der Waals surface area (Å²) in [7, 11) is 2.19. The smallest absolute Gasteiger partial charge is 0.256 e. The number of aryl methyl sites for hydroxylation is 1. The number of piperidine rings is 1. The van der Waals surface area contributed by atoms with Gasteiger partial charge in [0, 0.05) is 54.6 Å². The first-order chi connectivity index (χ1) is 20.9. The highest BCUT2D eigenvalue weighted by molar-refractivity contribution is 6.09. The fourth-order valence-electron chi connectivity index (χ4n) is 5.47. The van der Waals surface area contributed by atoms with Gasteiger partial charge in [-0.05, 0) is 63.7 Å². The topological polar surface area (TPSA) is 178 Å². The molecule has 13 heteroatoms. The van der Waals surface area contributed by atoms with Crippen molar-refractivity contribution < 1.29 is 4.79 Å². The Morgan fingerprint density at radius 3 is 2.43 bits per heavy atom. The molecule has 2 aromatic heterocycles. The zero-order chi connectivity index (χ0) is 31.6. The van der Waals surface area contributed by atoms with Gasteiger partial charge < -0.3 is 31.9 Å². The molecule has 234 valence electrons. The van der Waals surface area contributed by atoms with Crippen LogP contribution in [0.25, 0.3) is 11.0 Å². The molecule has 13 nitrogen and oxygen atoms in total. The van der Waals surface area contributed by atoms with Crippen molar-refractivity contribution in [1.29, 1.82) is 5.41 Å². The number of hydrogen-bond donors (Lipinski definition) is 5. The maximum Gasteiger partial charge on any atom is 0.256 e. The third-order valence-electron chi connectivity index (χ3n) is 8.47. The number of carbonyl (C=O) groups excluding carboxylic acids is 1. The molecule has 0 spiro atoms. The molecule has 5 rings (SSSR count). The van der Waals surface area contributed by atoms with E-state index in [1.165, 1.54) is 25.2 Å². The highest BCUT2D eigenvalue weighted by Gasteiger charge is 2.28. The summed E-state index contributed by atoms with van der Waals surface area (Å²) in [6.07, 6.45) is 5.30. The van der Waals surface area contributed by atoms with Crippen LogP contribution < -0.4 is 27.0 Å². The lowest BCUT2D eigenvalue weighted by molar-refractivity contribution is 0.0977. The number of likely N-dealkylation sites (tertiary alicyclic amines) is 1. The van der Waals surface area contributed by atoms with E-state index in [0.29, 0.717) is 51.6 Å². The van der Waals surface area contributed by atoms with Gasteiger partial charge in [0.25, 0.3) is 5.91 Å². The molecule has 0 saturated carbocycles. The zero-order valence-corrected chi connectivity index (χ0v) is 26.3. The van der Waals surface area contributed by atoms with Gasteiger partial charge in [0.2, 0.25) is 5.95 Å². The summed E-state index contributed by atoms with van der Waals surface area (Å²) in [5.74, 6) is 0.813.